The Morgan fingerprint density at radius 2 is 1.56 bits per heavy atom. The molecule has 5 nitrogen and oxygen atoms in total. The highest BCUT2D eigenvalue weighted by molar-refractivity contribution is 7.92. The second kappa shape index (κ2) is 9.39. The van der Waals surface area contributed by atoms with E-state index in [-0.39, 0.29) is 22.7 Å². The maximum Gasteiger partial charge on any atom is 0.416 e. The Bertz CT molecular complexity index is 1180. The number of anilines is 1. The van der Waals surface area contributed by atoms with Crippen LogP contribution in [0.25, 0.3) is 0 Å². The molecule has 0 radical (unpaired) electrons. The van der Waals surface area contributed by atoms with Crippen molar-refractivity contribution in [3.8, 4) is 0 Å². The summed E-state index contributed by atoms with van der Waals surface area (Å²) in [7, 11) is -4.17. The number of rotatable bonds is 7. The molecule has 0 aliphatic heterocycles. The van der Waals surface area contributed by atoms with Gasteiger partial charge in [-0.15, -0.1) is 0 Å². The number of nitrogens with one attached hydrogen (secondary N) is 1. The zero-order valence-corrected chi connectivity index (χ0v) is 17.3. The van der Waals surface area contributed by atoms with Gasteiger partial charge in [-0.25, -0.2) is 12.8 Å². The third-order valence-electron chi connectivity index (χ3n) is 4.48. The molecule has 0 aliphatic rings. The van der Waals surface area contributed by atoms with Crippen molar-refractivity contribution in [1.82, 2.24) is 5.32 Å². The van der Waals surface area contributed by atoms with Crippen molar-refractivity contribution in [2.75, 3.05) is 10.8 Å². The molecule has 0 atom stereocenters. The van der Waals surface area contributed by atoms with Gasteiger partial charge in [0.25, 0.3) is 10.0 Å². The lowest BCUT2D eigenvalue weighted by Gasteiger charge is -2.24. The van der Waals surface area contributed by atoms with Crippen molar-refractivity contribution < 1.29 is 30.8 Å². The van der Waals surface area contributed by atoms with Gasteiger partial charge in [0.15, 0.2) is 0 Å². The van der Waals surface area contributed by atoms with E-state index in [1.807, 2.05) is 0 Å². The summed E-state index contributed by atoms with van der Waals surface area (Å²) in [6.45, 7) is -0.882. The van der Waals surface area contributed by atoms with Crippen LogP contribution in [-0.2, 0) is 27.5 Å². The molecule has 32 heavy (non-hydrogen) atoms. The van der Waals surface area contributed by atoms with Crippen LogP contribution in [-0.4, -0.2) is 20.9 Å². The van der Waals surface area contributed by atoms with E-state index < -0.39 is 40.0 Å². The Hall–Kier alpha value is -3.40. The maximum absolute atomic E-state index is 13.3. The quantitative estimate of drug-likeness (QED) is 0.527. The third kappa shape index (κ3) is 5.64. The summed E-state index contributed by atoms with van der Waals surface area (Å²) < 4.78 is 78.9. The van der Waals surface area contributed by atoms with Gasteiger partial charge in [-0.05, 0) is 54.1 Å². The summed E-state index contributed by atoms with van der Waals surface area (Å²) in [6.07, 6.45) is -4.52. The molecule has 1 N–H and O–H groups in total. The molecule has 168 valence electrons. The molecule has 0 saturated heterocycles. The average Bonchev–Trinajstić information content (AvgIpc) is 2.77. The Labute approximate surface area is 182 Å². The topological polar surface area (TPSA) is 66.5 Å². The number of amides is 1. The van der Waals surface area contributed by atoms with Crippen LogP contribution in [0.15, 0.2) is 83.8 Å². The molecule has 3 aromatic carbocycles. The van der Waals surface area contributed by atoms with Gasteiger partial charge in [-0.1, -0.05) is 30.3 Å². The van der Waals surface area contributed by atoms with Crippen molar-refractivity contribution in [3.05, 3.63) is 95.8 Å². The SMILES string of the molecule is O=C(CN(c1ccc(F)cc1)S(=O)(=O)c1ccccc1)NCc1cccc(C(F)(F)F)c1. The van der Waals surface area contributed by atoms with Gasteiger partial charge in [0.2, 0.25) is 5.91 Å². The molecular weight excluding hydrogens is 448 g/mol. The fraction of sp³-hybridized carbons (Fsp3) is 0.136. The number of sulfonamides is 1. The lowest BCUT2D eigenvalue weighted by Crippen LogP contribution is -2.40. The number of alkyl halides is 3. The normalized spacial score (nSPS) is 11.8. The van der Waals surface area contributed by atoms with Gasteiger partial charge < -0.3 is 5.32 Å². The van der Waals surface area contributed by atoms with E-state index in [1.165, 1.54) is 48.5 Å². The summed E-state index contributed by atoms with van der Waals surface area (Å²) in [5.74, 6) is -1.33. The van der Waals surface area contributed by atoms with E-state index >= 15 is 0 Å². The molecular formula is C22H18F4N2O3S. The highest BCUT2D eigenvalue weighted by atomic mass is 32.2. The van der Waals surface area contributed by atoms with Crippen LogP contribution < -0.4 is 9.62 Å². The second-order valence-corrected chi connectivity index (χ2v) is 8.64. The van der Waals surface area contributed by atoms with E-state index in [2.05, 4.69) is 5.32 Å². The monoisotopic (exact) mass is 466 g/mol. The molecule has 0 heterocycles. The first kappa shape index (κ1) is 23.3. The highest BCUT2D eigenvalue weighted by Crippen LogP contribution is 2.29. The summed E-state index contributed by atoms with van der Waals surface area (Å²) in [5.41, 5.74) is -0.597. The number of nitrogens with zero attached hydrogens (tertiary/aromatic N) is 1. The van der Waals surface area contributed by atoms with Crippen LogP contribution >= 0.6 is 0 Å². The molecule has 1 amide bonds. The molecule has 3 aromatic rings. The summed E-state index contributed by atoms with van der Waals surface area (Å²) in [6, 6.07) is 16.4. The van der Waals surface area contributed by atoms with Crippen LogP contribution in [0.4, 0.5) is 23.2 Å². The van der Waals surface area contributed by atoms with Gasteiger partial charge in [0.05, 0.1) is 16.1 Å². The fourth-order valence-corrected chi connectivity index (χ4v) is 4.33. The zero-order chi connectivity index (χ0) is 23.4. The van der Waals surface area contributed by atoms with Crippen LogP contribution in [0.1, 0.15) is 11.1 Å². The molecule has 0 spiro atoms. The Morgan fingerprint density at radius 3 is 2.19 bits per heavy atom. The number of hydrogen-bond donors (Lipinski definition) is 1. The van der Waals surface area contributed by atoms with Gasteiger partial charge in [0.1, 0.15) is 12.4 Å². The van der Waals surface area contributed by atoms with Gasteiger partial charge in [-0.3, -0.25) is 9.10 Å². The van der Waals surface area contributed by atoms with Crippen molar-refractivity contribution in [3.63, 3.8) is 0 Å². The highest BCUT2D eigenvalue weighted by Gasteiger charge is 2.30. The largest absolute Gasteiger partial charge is 0.416 e. The first-order valence-electron chi connectivity index (χ1n) is 9.33. The maximum atomic E-state index is 13.3. The minimum atomic E-state index is -4.52. The number of benzene rings is 3. The lowest BCUT2D eigenvalue weighted by molar-refractivity contribution is -0.137. The first-order valence-corrected chi connectivity index (χ1v) is 10.8. The van der Waals surface area contributed by atoms with Crippen molar-refractivity contribution in [2.45, 2.75) is 17.6 Å². The van der Waals surface area contributed by atoms with E-state index in [0.717, 1.165) is 28.6 Å². The molecule has 0 fully saturated rings. The minimum Gasteiger partial charge on any atom is -0.350 e. The Kier molecular flexibility index (Phi) is 6.83. The Morgan fingerprint density at radius 1 is 0.906 bits per heavy atom. The number of carbonyl (C=O) groups excluding carboxylic acids is 1. The fourth-order valence-electron chi connectivity index (χ4n) is 2.89. The van der Waals surface area contributed by atoms with Crippen LogP contribution in [0.2, 0.25) is 0 Å². The molecule has 0 saturated carbocycles. The molecule has 0 bridgehead atoms. The van der Waals surface area contributed by atoms with Crippen molar-refractivity contribution >= 4 is 21.6 Å². The van der Waals surface area contributed by atoms with Gasteiger partial charge in [0, 0.05) is 6.54 Å². The van der Waals surface area contributed by atoms with Crippen LogP contribution in [0, 0.1) is 5.82 Å². The Balaban J connectivity index is 1.81. The second-order valence-electron chi connectivity index (χ2n) is 6.78. The third-order valence-corrected chi connectivity index (χ3v) is 6.27. The van der Waals surface area contributed by atoms with E-state index in [1.54, 1.807) is 6.07 Å². The predicted molar refractivity (Wildman–Crippen MR) is 111 cm³/mol. The molecule has 0 unspecified atom stereocenters. The number of hydrogen-bond acceptors (Lipinski definition) is 3. The zero-order valence-electron chi connectivity index (χ0n) is 16.5. The van der Waals surface area contributed by atoms with Crippen LogP contribution in [0.5, 0.6) is 0 Å². The smallest absolute Gasteiger partial charge is 0.350 e. The number of halogens is 4. The predicted octanol–water partition coefficient (Wildman–Crippen LogP) is 4.36. The number of carbonyl (C=O) groups is 1. The van der Waals surface area contributed by atoms with Gasteiger partial charge in [-0.2, -0.15) is 13.2 Å². The lowest BCUT2D eigenvalue weighted by atomic mass is 10.1. The van der Waals surface area contributed by atoms with E-state index in [4.69, 9.17) is 0 Å². The van der Waals surface area contributed by atoms with Crippen molar-refractivity contribution in [2.24, 2.45) is 0 Å². The van der Waals surface area contributed by atoms with Crippen molar-refractivity contribution in [1.29, 1.82) is 0 Å². The molecule has 3 rings (SSSR count). The summed E-state index contributed by atoms with van der Waals surface area (Å²) in [5, 5.41) is 2.43. The van der Waals surface area contributed by atoms with Gasteiger partial charge >= 0.3 is 6.18 Å². The molecule has 0 aliphatic carbocycles. The molecule has 10 heteroatoms. The summed E-state index contributed by atoms with van der Waals surface area (Å²) in [4.78, 5) is 12.4. The average molecular weight is 466 g/mol. The van der Waals surface area contributed by atoms with E-state index in [9.17, 15) is 30.8 Å². The standard InChI is InChI=1S/C22H18F4N2O3S/c23-18-9-11-19(12-10-18)28(32(30,31)20-7-2-1-3-8-20)15-21(29)27-14-16-5-4-6-17(13-16)22(24,25)26/h1-13H,14-15H2,(H,27,29). The van der Waals surface area contributed by atoms with E-state index in [0.29, 0.717) is 0 Å². The molecule has 0 aromatic heterocycles. The first-order chi connectivity index (χ1) is 15.1. The summed E-state index contributed by atoms with van der Waals surface area (Å²) >= 11 is 0. The van der Waals surface area contributed by atoms with Crippen LogP contribution in [0.3, 0.4) is 0 Å². The minimum absolute atomic E-state index is 0.0597.